The third kappa shape index (κ3) is 6.41. The van der Waals surface area contributed by atoms with Gasteiger partial charge in [-0.05, 0) is 56.4 Å². The molecule has 0 saturated carbocycles. The molecule has 4 rings (SSSR count). The number of Topliss-reactive ketones (excluding diaryl/α,β-unsaturated/α-hetero) is 1. The predicted octanol–water partition coefficient (Wildman–Crippen LogP) is 4.47. The zero-order valence-electron chi connectivity index (χ0n) is 21.6. The van der Waals surface area contributed by atoms with Crippen LogP contribution >= 0.6 is 0 Å². The normalized spacial score (nSPS) is 11.7. The van der Waals surface area contributed by atoms with Crippen LogP contribution in [0.15, 0.2) is 61.3 Å². The number of nitrogens with zero attached hydrogens (tertiary/aromatic N) is 7. The van der Waals surface area contributed by atoms with Crippen LogP contribution in [0.3, 0.4) is 0 Å². The van der Waals surface area contributed by atoms with Crippen molar-refractivity contribution in [1.29, 1.82) is 0 Å². The van der Waals surface area contributed by atoms with Crippen molar-refractivity contribution in [2.24, 2.45) is 0 Å². The maximum Gasteiger partial charge on any atom is 0.416 e. The molecular weight excluding hydrogens is 495 g/mol. The molecule has 0 N–H and O–H groups in total. The summed E-state index contributed by atoms with van der Waals surface area (Å²) < 4.78 is 42.6. The summed E-state index contributed by atoms with van der Waals surface area (Å²) in [6.45, 7) is 3.07. The molecule has 0 amide bonds. The number of carbonyl (C=O) groups is 1. The molecular formula is C27H28F3N7O. The Labute approximate surface area is 218 Å². The number of carbonyl (C=O) groups excluding carboxylic acids is 1. The van der Waals surface area contributed by atoms with Crippen LogP contribution in [0, 0.1) is 6.92 Å². The van der Waals surface area contributed by atoms with Crippen LogP contribution in [0.5, 0.6) is 0 Å². The molecule has 0 fully saturated rings. The van der Waals surface area contributed by atoms with Gasteiger partial charge in [0.05, 0.1) is 17.4 Å². The Hall–Kier alpha value is -4.12. The maximum atomic E-state index is 13.7. The lowest BCUT2D eigenvalue weighted by molar-refractivity contribution is -0.137. The van der Waals surface area contributed by atoms with Gasteiger partial charge in [-0.1, -0.05) is 17.3 Å². The number of aryl methyl sites for hydroxylation is 1. The minimum atomic E-state index is -4.57. The Morgan fingerprint density at radius 2 is 1.74 bits per heavy atom. The molecule has 2 heterocycles. The second kappa shape index (κ2) is 11.1. The number of likely N-dealkylation sites (N-methyl/N-ethyl adjacent to an activating group) is 2. The van der Waals surface area contributed by atoms with Crippen molar-refractivity contribution >= 4 is 11.5 Å². The summed E-state index contributed by atoms with van der Waals surface area (Å²) in [6, 6.07) is 8.95. The minimum Gasteiger partial charge on any atom is -0.373 e. The Kier molecular flexibility index (Phi) is 7.86. The number of halogens is 3. The van der Waals surface area contributed by atoms with E-state index in [0.29, 0.717) is 41.3 Å². The first-order valence-corrected chi connectivity index (χ1v) is 11.9. The fraction of sp³-hybridized carbons (Fsp3) is 0.296. The summed E-state index contributed by atoms with van der Waals surface area (Å²) >= 11 is 0. The fourth-order valence-electron chi connectivity index (χ4n) is 3.88. The van der Waals surface area contributed by atoms with Gasteiger partial charge in [0.2, 0.25) is 0 Å². The molecule has 2 aromatic carbocycles. The van der Waals surface area contributed by atoms with Crippen molar-refractivity contribution in [3.63, 3.8) is 0 Å². The van der Waals surface area contributed by atoms with E-state index in [1.54, 1.807) is 47.4 Å². The molecule has 0 aliphatic carbocycles. The monoisotopic (exact) mass is 523 g/mol. The minimum absolute atomic E-state index is 0.0146. The predicted molar refractivity (Wildman–Crippen MR) is 138 cm³/mol. The highest BCUT2D eigenvalue weighted by molar-refractivity contribution is 5.98. The first-order valence-electron chi connectivity index (χ1n) is 11.9. The highest BCUT2D eigenvalue weighted by Crippen LogP contribution is 2.33. The Morgan fingerprint density at radius 3 is 2.42 bits per heavy atom. The zero-order valence-corrected chi connectivity index (χ0v) is 21.6. The van der Waals surface area contributed by atoms with Gasteiger partial charge in [0, 0.05) is 55.8 Å². The van der Waals surface area contributed by atoms with E-state index in [1.165, 1.54) is 12.4 Å². The van der Waals surface area contributed by atoms with Crippen molar-refractivity contribution in [3.8, 4) is 16.9 Å². The Bertz CT molecular complexity index is 1420. The standard InChI is InChI=1S/C27H28F3N7O/c1-18-5-6-19(9-25(18)37-16-24(33-34-37)21-14-31-17-32-15-21)10-26(38)20-11-22(27(28,29)30)13-23(12-20)36(4)8-7-35(2)3/h5-6,9,11-17H,7-8,10H2,1-4H3. The molecule has 0 atom stereocenters. The van der Waals surface area contributed by atoms with E-state index in [1.807, 2.05) is 32.0 Å². The van der Waals surface area contributed by atoms with E-state index in [2.05, 4.69) is 20.3 Å². The van der Waals surface area contributed by atoms with E-state index in [0.717, 1.165) is 17.7 Å². The summed E-state index contributed by atoms with van der Waals surface area (Å²) in [5, 5.41) is 8.37. The molecule has 2 aromatic heterocycles. The third-order valence-electron chi connectivity index (χ3n) is 6.13. The summed E-state index contributed by atoms with van der Waals surface area (Å²) in [6.07, 6.45) is 1.78. The number of aromatic nitrogens is 5. The maximum absolute atomic E-state index is 13.7. The van der Waals surface area contributed by atoms with Gasteiger partial charge in [-0.2, -0.15) is 13.2 Å². The van der Waals surface area contributed by atoms with Crippen molar-refractivity contribution in [1.82, 2.24) is 29.9 Å². The lowest BCUT2D eigenvalue weighted by Gasteiger charge is -2.23. The average molecular weight is 524 g/mol. The van der Waals surface area contributed by atoms with Crippen molar-refractivity contribution in [2.45, 2.75) is 19.5 Å². The molecule has 0 aliphatic heterocycles. The van der Waals surface area contributed by atoms with Gasteiger partial charge < -0.3 is 9.80 Å². The van der Waals surface area contributed by atoms with Gasteiger partial charge in [0.15, 0.2) is 5.78 Å². The molecule has 0 saturated heterocycles. The lowest BCUT2D eigenvalue weighted by atomic mass is 9.98. The summed E-state index contributed by atoms with van der Waals surface area (Å²) in [4.78, 5) is 24.9. The van der Waals surface area contributed by atoms with E-state index in [4.69, 9.17) is 0 Å². The van der Waals surface area contributed by atoms with Crippen LogP contribution in [-0.4, -0.2) is 69.9 Å². The van der Waals surface area contributed by atoms with E-state index in [-0.39, 0.29) is 12.0 Å². The molecule has 8 nitrogen and oxygen atoms in total. The highest BCUT2D eigenvalue weighted by atomic mass is 19.4. The molecule has 0 spiro atoms. The molecule has 4 aromatic rings. The van der Waals surface area contributed by atoms with Crippen LogP contribution in [0.1, 0.15) is 27.0 Å². The third-order valence-corrected chi connectivity index (χ3v) is 6.13. The van der Waals surface area contributed by atoms with Gasteiger partial charge in [-0.25, -0.2) is 14.6 Å². The molecule has 11 heteroatoms. The lowest BCUT2D eigenvalue weighted by Crippen LogP contribution is -2.28. The molecule has 198 valence electrons. The zero-order chi connectivity index (χ0) is 27.4. The van der Waals surface area contributed by atoms with E-state index in [9.17, 15) is 18.0 Å². The van der Waals surface area contributed by atoms with Crippen LogP contribution in [0.25, 0.3) is 16.9 Å². The molecule has 38 heavy (non-hydrogen) atoms. The molecule has 0 radical (unpaired) electrons. The van der Waals surface area contributed by atoms with Gasteiger partial charge in [-0.3, -0.25) is 4.79 Å². The second-order valence-corrected chi connectivity index (χ2v) is 9.39. The van der Waals surface area contributed by atoms with Gasteiger partial charge in [0.1, 0.15) is 12.0 Å². The van der Waals surface area contributed by atoms with Crippen molar-refractivity contribution in [3.05, 3.63) is 83.6 Å². The molecule has 0 unspecified atom stereocenters. The topological polar surface area (TPSA) is 80.0 Å². The summed E-state index contributed by atoms with van der Waals surface area (Å²) in [5.74, 6) is -0.408. The molecule has 0 bridgehead atoms. The first kappa shape index (κ1) is 26.9. The van der Waals surface area contributed by atoms with Crippen LogP contribution in [-0.2, 0) is 12.6 Å². The number of hydrogen-bond donors (Lipinski definition) is 0. The van der Waals surface area contributed by atoms with E-state index < -0.39 is 17.5 Å². The number of benzene rings is 2. The summed E-state index contributed by atoms with van der Waals surface area (Å²) in [5.41, 5.74) is 3.05. The van der Waals surface area contributed by atoms with Crippen LogP contribution < -0.4 is 4.90 Å². The number of rotatable bonds is 9. The molecule has 0 aliphatic rings. The van der Waals surface area contributed by atoms with Crippen molar-refractivity contribution < 1.29 is 18.0 Å². The highest BCUT2D eigenvalue weighted by Gasteiger charge is 2.32. The number of hydrogen-bond acceptors (Lipinski definition) is 7. The Morgan fingerprint density at radius 1 is 1.00 bits per heavy atom. The number of anilines is 1. The second-order valence-electron chi connectivity index (χ2n) is 9.39. The van der Waals surface area contributed by atoms with Gasteiger partial charge in [-0.15, -0.1) is 5.10 Å². The van der Waals surface area contributed by atoms with Gasteiger partial charge >= 0.3 is 6.18 Å². The number of ketones is 1. The van der Waals surface area contributed by atoms with Crippen LogP contribution in [0.2, 0.25) is 0 Å². The number of alkyl halides is 3. The van der Waals surface area contributed by atoms with Gasteiger partial charge in [0.25, 0.3) is 0 Å². The summed E-state index contributed by atoms with van der Waals surface area (Å²) in [7, 11) is 5.50. The SMILES string of the molecule is Cc1ccc(CC(=O)c2cc(N(C)CCN(C)C)cc(C(F)(F)F)c2)cc1-n1cc(-c2cncnc2)nn1. The Balaban J connectivity index is 1.60. The quantitative estimate of drug-likeness (QED) is 0.300. The van der Waals surface area contributed by atoms with Crippen molar-refractivity contribution in [2.75, 3.05) is 39.1 Å². The first-order chi connectivity index (χ1) is 18.0. The fourth-order valence-corrected chi connectivity index (χ4v) is 3.88. The van der Waals surface area contributed by atoms with Crippen LogP contribution in [0.4, 0.5) is 18.9 Å². The smallest absolute Gasteiger partial charge is 0.373 e. The average Bonchev–Trinajstić information content (AvgIpc) is 3.38. The largest absolute Gasteiger partial charge is 0.416 e. The van der Waals surface area contributed by atoms with E-state index >= 15 is 0 Å².